The summed E-state index contributed by atoms with van der Waals surface area (Å²) in [5.74, 6) is -0.562. The lowest BCUT2D eigenvalue weighted by Crippen LogP contribution is -2.32. The van der Waals surface area contributed by atoms with Crippen molar-refractivity contribution in [1.82, 2.24) is 9.80 Å². The molecule has 3 rings (SSSR count). The number of nitrogens with zero attached hydrogens (tertiary/aromatic N) is 2. The van der Waals surface area contributed by atoms with Gasteiger partial charge in [0.1, 0.15) is 23.3 Å². The second kappa shape index (κ2) is 8.96. The zero-order valence-electron chi connectivity index (χ0n) is 16.9. The number of amides is 1. The molecule has 7 nitrogen and oxygen atoms in total. The second-order valence-electron chi connectivity index (χ2n) is 7.13. The standard InChI is InChI=1S/C22H26N2O5/c1-4-28-16-9-5-8-15(14-16)20(25)18-19(17-10-6-13-29-17)24(22(27)21(18)26)12-7-11-23(2)3/h5-6,8-10,13-14,19,25H,4,7,11-12H2,1-3H3. The van der Waals surface area contributed by atoms with E-state index in [-0.39, 0.29) is 11.3 Å². The molecule has 1 aromatic carbocycles. The van der Waals surface area contributed by atoms with Gasteiger partial charge in [-0.2, -0.15) is 0 Å². The van der Waals surface area contributed by atoms with Crippen LogP contribution in [0.3, 0.4) is 0 Å². The number of hydrogen-bond donors (Lipinski definition) is 1. The van der Waals surface area contributed by atoms with E-state index in [1.807, 2.05) is 25.9 Å². The lowest BCUT2D eigenvalue weighted by Gasteiger charge is -2.24. The summed E-state index contributed by atoms with van der Waals surface area (Å²) in [7, 11) is 3.90. The Morgan fingerprint density at radius 3 is 2.69 bits per heavy atom. The van der Waals surface area contributed by atoms with Crippen LogP contribution in [0.1, 0.15) is 30.7 Å². The van der Waals surface area contributed by atoms with Gasteiger partial charge in [0.25, 0.3) is 11.7 Å². The third kappa shape index (κ3) is 4.35. The largest absolute Gasteiger partial charge is 0.507 e. The third-order valence-corrected chi connectivity index (χ3v) is 4.78. The van der Waals surface area contributed by atoms with Crippen LogP contribution in [0.25, 0.3) is 5.76 Å². The number of likely N-dealkylation sites (tertiary alicyclic amines) is 1. The van der Waals surface area contributed by atoms with E-state index in [4.69, 9.17) is 9.15 Å². The number of furan rings is 1. The summed E-state index contributed by atoms with van der Waals surface area (Å²) in [5.41, 5.74) is 0.447. The van der Waals surface area contributed by atoms with Crippen LogP contribution in [-0.2, 0) is 9.59 Å². The average molecular weight is 398 g/mol. The molecule has 29 heavy (non-hydrogen) atoms. The molecule has 1 amide bonds. The van der Waals surface area contributed by atoms with Gasteiger partial charge in [-0.25, -0.2) is 0 Å². The molecule has 2 aromatic rings. The summed E-state index contributed by atoms with van der Waals surface area (Å²) < 4.78 is 11.0. The Kier molecular flexibility index (Phi) is 6.39. The molecule has 2 heterocycles. The Balaban J connectivity index is 2.03. The van der Waals surface area contributed by atoms with E-state index in [0.717, 1.165) is 6.54 Å². The maximum atomic E-state index is 12.9. The van der Waals surface area contributed by atoms with Gasteiger partial charge in [-0.3, -0.25) is 9.59 Å². The number of Topliss-reactive ketones (excluding diaryl/α,β-unsaturated/α-hetero) is 1. The zero-order chi connectivity index (χ0) is 21.0. The van der Waals surface area contributed by atoms with Gasteiger partial charge in [-0.1, -0.05) is 12.1 Å². The molecule has 7 heteroatoms. The predicted molar refractivity (Wildman–Crippen MR) is 108 cm³/mol. The summed E-state index contributed by atoms with van der Waals surface area (Å²) in [6.45, 7) is 3.49. The van der Waals surface area contributed by atoms with E-state index in [1.165, 1.54) is 11.2 Å². The maximum absolute atomic E-state index is 12.9. The topological polar surface area (TPSA) is 83.2 Å². The zero-order valence-corrected chi connectivity index (χ0v) is 16.9. The highest BCUT2D eigenvalue weighted by atomic mass is 16.5. The van der Waals surface area contributed by atoms with Crippen molar-refractivity contribution in [2.45, 2.75) is 19.4 Å². The minimum absolute atomic E-state index is 0.0310. The number of aliphatic hydroxyl groups excluding tert-OH is 1. The van der Waals surface area contributed by atoms with Crippen LogP contribution >= 0.6 is 0 Å². The number of carbonyl (C=O) groups is 2. The molecule has 1 aromatic heterocycles. The fraction of sp³-hybridized carbons (Fsp3) is 0.364. The molecule has 1 aliphatic rings. The molecule has 0 radical (unpaired) electrons. The number of hydrogen-bond acceptors (Lipinski definition) is 6. The first-order chi connectivity index (χ1) is 13.9. The highest BCUT2D eigenvalue weighted by Gasteiger charge is 2.47. The molecule has 1 aliphatic heterocycles. The van der Waals surface area contributed by atoms with Gasteiger partial charge in [-0.05, 0) is 58.3 Å². The first-order valence-electron chi connectivity index (χ1n) is 9.63. The molecule has 1 atom stereocenters. The van der Waals surface area contributed by atoms with Crippen molar-refractivity contribution in [3.05, 3.63) is 59.6 Å². The van der Waals surface area contributed by atoms with E-state index in [0.29, 0.717) is 36.6 Å². The second-order valence-corrected chi connectivity index (χ2v) is 7.13. The van der Waals surface area contributed by atoms with Crippen molar-refractivity contribution in [2.75, 3.05) is 33.8 Å². The van der Waals surface area contributed by atoms with Crippen LogP contribution < -0.4 is 4.74 Å². The van der Waals surface area contributed by atoms with Crippen molar-refractivity contribution in [1.29, 1.82) is 0 Å². The molecule has 1 N–H and O–H groups in total. The van der Waals surface area contributed by atoms with Crippen LogP contribution in [-0.4, -0.2) is 60.4 Å². The lowest BCUT2D eigenvalue weighted by molar-refractivity contribution is -0.140. The smallest absolute Gasteiger partial charge is 0.295 e. The molecule has 1 unspecified atom stereocenters. The van der Waals surface area contributed by atoms with Crippen molar-refractivity contribution < 1.29 is 23.8 Å². The van der Waals surface area contributed by atoms with Gasteiger partial charge in [-0.15, -0.1) is 0 Å². The lowest BCUT2D eigenvalue weighted by atomic mass is 9.99. The Labute approximate surface area is 170 Å². The first kappa shape index (κ1) is 20.7. The quantitative estimate of drug-likeness (QED) is 0.418. The van der Waals surface area contributed by atoms with Gasteiger partial charge in [0.15, 0.2) is 0 Å². The highest BCUT2D eigenvalue weighted by Crippen LogP contribution is 2.39. The number of ketones is 1. The van der Waals surface area contributed by atoms with Gasteiger partial charge >= 0.3 is 0 Å². The maximum Gasteiger partial charge on any atom is 0.295 e. The number of rotatable bonds is 8. The molecule has 0 saturated carbocycles. The fourth-order valence-corrected chi connectivity index (χ4v) is 3.47. The Morgan fingerprint density at radius 1 is 1.24 bits per heavy atom. The van der Waals surface area contributed by atoms with Crippen LogP contribution in [0.2, 0.25) is 0 Å². The van der Waals surface area contributed by atoms with Crippen molar-refractivity contribution in [2.24, 2.45) is 0 Å². The number of carbonyl (C=O) groups excluding carboxylic acids is 2. The molecule has 0 bridgehead atoms. The number of ether oxygens (including phenoxy) is 1. The summed E-state index contributed by atoms with van der Waals surface area (Å²) in [6, 6.07) is 9.47. The van der Waals surface area contributed by atoms with Gasteiger partial charge in [0.2, 0.25) is 0 Å². The van der Waals surface area contributed by atoms with Gasteiger partial charge in [0.05, 0.1) is 18.4 Å². The van der Waals surface area contributed by atoms with Gasteiger partial charge < -0.3 is 24.1 Å². The van der Waals surface area contributed by atoms with Crippen LogP contribution in [0.15, 0.2) is 52.7 Å². The van der Waals surface area contributed by atoms with E-state index >= 15 is 0 Å². The van der Waals surface area contributed by atoms with E-state index in [9.17, 15) is 14.7 Å². The first-order valence-corrected chi connectivity index (χ1v) is 9.63. The third-order valence-electron chi connectivity index (χ3n) is 4.78. The SMILES string of the molecule is CCOc1cccc(C(O)=C2C(=O)C(=O)N(CCCN(C)C)C2c2ccco2)c1. The monoisotopic (exact) mass is 398 g/mol. The fourth-order valence-electron chi connectivity index (χ4n) is 3.47. The molecule has 0 aliphatic carbocycles. The summed E-state index contributed by atoms with van der Waals surface area (Å²) >= 11 is 0. The molecule has 0 spiro atoms. The van der Waals surface area contributed by atoms with E-state index < -0.39 is 17.7 Å². The normalized spacial score (nSPS) is 18.6. The van der Waals surface area contributed by atoms with E-state index in [2.05, 4.69) is 0 Å². The molecule has 1 saturated heterocycles. The van der Waals surface area contributed by atoms with Crippen molar-refractivity contribution in [3.8, 4) is 5.75 Å². The van der Waals surface area contributed by atoms with Crippen molar-refractivity contribution in [3.63, 3.8) is 0 Å². The molecule has 154 valence electrons. The summed E-state index contributed by atoms with van der Waals surface area (Å²) in [5, 5.41) is 11.0. The van der Waals surface area contributed by atoms with Crippen molar-refractivity contribution >= 4 is 17.4 Å². The molecule has 1 fully saturated rings. The minimum Gasteiger partial charge on any atom is -0.507 e. The van der Waals surface area contributed by atoms with Crippen LogP contribution in [0.5, 0.6) is 5.75 Å². The minimum atomic E-state index is -0.761. The summed E-state index contributed by atoms with van der Waals surface area (Å²) in [6.07, 6.45) is 2.18. The number of benzene rings is 1. The Hall–Kier alpha value is -3.06. The average Bonchev–Trinajstić information content (AvgIpc) is 3.30. The summed E-state index contributed by atoms with van der Waals surface area (Å²) in [4.78, 5) is 29.1. The Morgan fingerprint density at radius 2 is 2.03 bits per heavy atom. The van der Waals surface area contributed by atoms with Crippen LogP contribution in [0, 0.1) is 0 Å². The highest BCUT2D eigenvalue weighted by molar-refractivity contribution is 6.46. The number of aliphatic hydroxyl groups is 1. The Bertz CT molecular complexity index is 902. The van der Waals surface area contributed by atoms with Crippen LogP contribution in [0.4, 0.5) is 0 Å². The predicted octanol–water partition coefficient (Wildman–Crippen LogP) is 3.05. The van der Waals surface area contributed by atoms with Gasteiger partial charge in [0, 0.05) is 12.1 Å². The molecular formula is C22H26N2O5. The van der Waals surface area contributed by atoms with E-state index in [1.54, 1.807) is 36.4 Å². The molecular weight excluding hydrogens is 372 g/mol.